The lowest BCUT2D eigenvalue weighted by molar-refractivity contribution is -0.124. The van der Waals surface area contributed by atoms with Crippen molar-refractivity contribution in [2.45, 2.75) is 30.5 Å². The van der Waals surface area contributed by atoms with Gasteiger partial charge in [-0.05, 0) is 43.7 Å². The maximum absolute atomic E-state index is 12.5. The molecule has 2 bridgehead atoms. The van der Waals surface area contributed by atoms with Crippen molar-refractivity contribution >= 4 is 27.5 Å². The van der Waals surface area contributed by atoms with Crippen molar-refractivity contribution in [3.05, 3.63) is 30.3 Å². The molecule has 0 heterocycles. The number of carbonyl (C=O) groups is 1. The van der Waals surface area contributed by atoms with Gasteiger partial charge in [-0.2, -0.15) is 0 Å². The lowest BCUT2D eigenvalue weighted by Crippen LogP contribution is -2.39. The van der Waals surface area contributed by atoms with Crippen molar-refractivity contribution < 1.29 is 4.79 Å². The van der Waals surface area contributed by atoms with Crippen LogP contribution in [0.25, 0.3) is 0 Å². The van der Waals surface area contributed by atoms with Gasteiger partial charge in [0.2, 0.25) is 5.91 Å². The number of rotatable bonds is 2. The fourth-order valence-electron chi connectivity index (χ4n) is 3.31. The summed E-state index contributed by atoms with van der Waals surface area (Å²) < 4.78 is 0. The number of nitrogens with one attached hydrogen (secondary N) is 1. The van der Waals surface area contributed by atoms with Gasteiger partial charge < -0.3 is 5.32 Å². The van der Waals surface area contributed by atoms with Crippen LogP contribution in [0.4, 0.5) is 5.69 Å². The molecule has 1 amide bonds. The molecule has 2 aliphatic rings. The molecule has 90 valence electrons. The molecule has 0 unspecified atom stereocenters. The third-order valence-corrected chi connectivity index (χ3v) is 5.53. The Morgan fingerprint density at radius 1 is 1.35 bits per heavy atom. The molecular weight excluding hydrogens is 278 g/mol. The molecule has 0 spiro atoms. The largest absolute Gasteiger partial charge is 0.326 e. The fourth-order valence-corrected chi connectivity index (χ4v) is 4.46. The highest BCUT2D eigenvalue weighted by Gasteiger charge is 2.55. The summed E-state index contributed by atoms with van der Waals surface area (Å²) >= 11 is 3.71. The summed E-state index contributed by atoms with van der Waals surface area (Å²) in [7, 11) is 0. The van der Waals surface area contributed by atoms with Gasteiger partial charge in [-0.3, -0.25) is 4.79 Å². The van der Waals surface area contributed by atoms with Crippen LogP contribution >= 0.6 is 15.9 Å². The smallest absolute Gasteiger partial charge is 0.231 e. The minimum Gasteiger partial charge on any atom is -0.326 e. The number of hydrogen-bond acceptors (Lipinski definition) is 1. The molecule has 17 heavy (non-hydrogen) atoms. The zero-order valence-corrected chi connectivity index (χ0v) is 11.2. The van der Waals surface area contributed by atoms with E-state index in [0.717, 1.165) is 30.9 Å². The van der Waals surface area contributed by atoms with E-state index >= 15 is 0 Å². The van der Waals surface area contributed by atoms with E-state index in [1.807, 2.05) is 30.3 Å². The molecular formula is C14H16BrNO. The van der Waals surface area contributed by atoms with E-state index in [1.165, 1.54) is 6.42 Å². The molecule has 1 N–H and O–H groups in total. The first-order valence-electron chi connectivity index (χ1n) is 6.21. The van der Waals surface area contributed by atoms with Gasteiger partial charge in [0.15, 0.2) is 0 Å². The van der Waals surface area contributed by atoms with Gasteiger partial charge in [-0.1, -0.05) is 34.1 Å². The standard InChI is InChI=1S/C14H16BrNO/c15-12-8-10-6-7-14(12,9-10)13(17)16-11-4-2-1-3-5-11/h1-5,10,12H,6-9H2,(H,16,17)/t10-,12-,14+/m0/s1. The highest BCUT2D eigenvalue weighted by atomic mass is 79.9. The number of anilines is 1. The molecule has 0 radical (unpaired) electrons. The van der Waals surface area contributed by atoms with Gasteiger partial charge in [0, 0.05) is 10.5 Å². The highest BCUT2D eigenvalue weighted by molar-refractivity contribution is 9.09. The average molecular weight is 294 g/mol. The monoisotopic (exact) mass is 293 g/mol. The summed E-state index contributed by atoms with van der Waals surface area (Å²) in [6, 6.07) is 9.75. The van der Waals surface area contributed by atoms with Crippen LogP contribution in [0.3, 0.4) is 0 Å². The molecule has 2 aliphatic carbocycles. The Kier molecular flexibility index (Phi) is 2.74. The van der Waals surface area contributed by atoms with Crippen molar-refractivity contribution in [3.63, 3.8) is 0 Å². The molecule has 3 rings (SSSR count). The average Bonchev–Trinajstić information content (AvgIpc) is 2.88. The minimum atomic E-state index is -0.152. The minimum absolute atomic E-state index is 0.152. The zero-order chi connectivity index (χ0) is 11.9. The fraction of sp³-hybridized carbons (Fsp3) is 0.500. The van der Waals surface area contributed by atoms with Crippen LogP contribution in [0.5, 0.6) is 0 Å². The van der Waals surface area contributed by atoms with Crippen LogP contribution in [-0.2, 0) is 4.79 Å². The van der Waals surface area contributed by atoms with Gasteiger partial charge >= 0.3 is 0 Å². The Morgan fingerprint density at radius 2 is 2.12 bits per heavy atom. The molecule has 0 saturated heterocycles. The third kappa shape index (κ3) is 1.81. The van der Waals surface area contributed by atoms with Crippen molar-refractivity contribution in [2.24, 2.45) is 11.3 Å². The van der Waals surface area contributed by atoms with E-state index in [2.05, 4.69) is 21.2 Å². The van der Waals surface area contributed by atoms with Gasteiger partial charge in [0.25, 0.3) is 0 Å². The number of alkyl halides is 1. The first kappa shape index (κ1) is 11.3. The Hall–Kier alpha value is -0.830. The molecule has 0 aliphatic heterocycles. The second-order valence-corrected chi connectivity index (χ2v) is 6.39. The Labute approximate surface area is 110 Å². The van der Waals surface area contributed by atoms with E-state index < -0.39 is 0 Å². The molecule has 1 aromatic carbocycles. The zero-order valence-electron chi connectivity index (χ0n) is 9.66. The van der Waals surface area contributed by atoms with E-state index in [-0.39, 0.29) is 11.3 Å². The summed E-state index contributed by atoms with van der Waals surface area (Å²) in [6.07, 6.45) is 4.46. The van der Waals surface area contributed by atoms with Crippen LogP contribution < -0.4 is 5.32 Å². The Balaban J connectivity index is 1.79. The molecule has 2 fully saturated rings. The molecule has 3 heteroatoms. The third-order valence-electron chi connectivity index (χ3n) is 4.28. The lowest BCUT2D eigenvalue weighted by atomic mass is 9.83. The normalized spacial score (nSPS) is 34.9. The number of amides is 1. The summed E-state index contributed by atoms with van der Waals surface area (Å²) in [5, 5.41) is 3.06. The first-order chi connectivity index (χ1) is 8.21. The summed E-state index contributed by atoms with van der Waals surface area (Å²) in [6.45, 7) is 0. The van der Waals surface area contributed by atoms with Crippen molar-refractivity contribution in [3.8, 4) is 0 Å². The quantitative estimate of drug-likeness (QED) is 0.830. The maximum Gasteiger partial charge on any atom is 0.231 e. The van der Waals surface area contributed by atoms with E-state index in [4.69, 9.17) is 0 Å². The number of benzene rings is 1. The van der Waals surface area contributed by atoms with Crippen LogP contribution in [0.2, 0.25) is 0 Å². The number of para-hydroxylation sites is 1. The van der Waals surface area contributed by atoms with Crippen molar-refractivity contribution in [2.75, 3.05) is 5.32 Å². The van der Waals surface area contributed by atoms with E-state index in [1.54, 1.807) is 0 Å². The summed E-state index contributed by atoms with van der Waals surface area (Å²) in [5.74, 6) is 0.950. The van der Waals surface area contributed by atoms with Crippen LogP contribution in [0, 0.1) is 11.3 Å². The SMILES string of the molecule is O=C(Nc1ccccc1)[C@@]12CC[C@@H](C[C@@H]1Br)C2. The summed E-state index contributed by atoms with van der Waals surface area (Å²) in [5.41, 5.74) is 0.752. The first-order valence-corrected chi connectivity index (χ1v) is 7.13. The lowest BCUT2D eigenvalue weighted by Gasteiger charge is -2.30. The highest BCUT2D eigenvalue weighted by Crippen LogP contribution is 2.57. The Bertz CT molecular complexity index is 433. The van der Waals surface area contributed by atoms with Crippen LogP contribution in [0.15, 0.2) is 30.3 Å². The van der Waals surface area contributed by atoms with Crippen LogP contribution in [-0.4, -0.2) is 10.7 Å². The predicted molar refractivity (Wildman–Crippen MR) is 72.2 cm³/mol. The van der Waals surface area contributed by atoms with Crippen molar-refractivity contribution in [1.29, 1.82) is 0 Å². The molecule has 1 aromatic rings. The molecule has 2 nitrogen and oxygen atoms in total. The molecule has 3 atom stereocenters. The number of hydrogen-bond donors (Lipinski definition) is 1. The number of carbonyl (C=O) groups excluding carboxylic acids is 1. The van der Waals surface area contributed by atoms with Gasteiger partial charge in [-0.15, -0.1) is 0 Å². The van der Waals surface area contributed by atoms with Crippen molar-refractivity contribution in [1.82, 2.24) is 0 Å². The predicted octanol–water partition coefficient (Wildman–Crippen LogP) is 3.58. The van der Waals surface area contributed by atoms with Gasteiger partial charge in [0.1, 0.15) is 0 Å². The van der Waals surface area contributed by atoms with Gasteiger partial charge in [-0.25, -0.2) is 0 Å². The maximum atomic E-state index is 12.5. The number of fused-ring (bicyclic) bond motifs is 2. The number of halogens is 1. The second-order valence-electron chi connectivity index (χ2n) is 5.29. The van der Waals surface area contributed by atoms with E-state index in [9.17, 15) is 4.79 Å². The second kappa shape index (κ2) is 4.13. The van der Waals surface area contributed by atoms with E-state index in [0.29, 0.717) is 4.83 Å². The van der Waals surface area contributed by atoms with Gasteiger partial charge in [0.05, 0.1) is 5.41 Å². The molecule has 2 saturated carbocycles. The summed E-state index contributed by atoms with van der Waals surface area (Å²) in [4.78, 5) is 12.8. The van der Waals surface area contributed by atoms with Crippen LogP contribution in [0.1, 0.15) is 25.7 Å². The molecule has 0 aromatic heterocycles. The Morgan fingerprint density at radius 3 is 2.71 bits per heavy atom. The topological polar surface area (TPSA) is 29.1 Å².